The molecule has 0 fully saturated rings. The third-order valence-electron chi connectivity index (χ3n) is 2.38. The van der Waals surface area contributed by atoms with E-state index in [9.17, 15) is 42.6 Å². The van der Waals surface area contributed by atoms with Crippen molar-refractivity contribution in [1.29, 1.82) is 0 Å². The van der Waals surface area contributed by atoms with Crippen LogP contribution < -0.4 is 0 Å². The van der Waals surface area contributed by atoms with E-state index in [0.717, 1.165) is 0 Å². The fourth-order valence-electron chi connectivity index (χ4n) is 1.11. The van der Waals surface area contributed by atoms with Gasteiger partial charge in [0, 0.05) is 0 Å². The topological polar surface area (TPSA) is 26.3 Å². The Morgan fingerprint density at radius 3 is 1.71 bits per heavy atom. The molecule has 0 aromatic heterocycles. The first-order valence-corrected chi connectivity index (χ1v) is 9.36. The molecule has 0 aliphatic heterocycles. The number of alkyl halides is 9. The molecule has 21 heavy (non-hydrogen) atoms. The van der Waals surface area contributed by atoms with Crippen molar-refractivity contribution in [3.05, 3.63) is 0 Å². The SMILES string of the molecule is CCCCC[O][Sn](=[O])[C](F)(F)C(F)(F)C(F)(F)C(F)(F)F. The zero-order valence-electron chi connectivity index (χ0n) is 10.5. The summed E-state index contributed by atoms with van der Waals surface area (Å²) in [6.07, 6.45) is -5.90. The molecule has 0 aliphatic carbocycles. The normalized spacial score (nSPS) is 14.4. The van der Waals surface area contributed by atoms with Crippen molar-refractivity contribution in [2.24, 2.45) is 0 Å². The molecule has 0 unspecified atom stereocenters. The zero-order valence-corrected chi connectivity index (χ0v) is 13.4. The number of rotatable bonds is 8. The Morgan fingerprint density at radius 1 is 0.857 bits per heavy atom. The van der Waals surface area contributed by atoms with Gasteiger partial charge in [0.1, 0.15) is 0 Å². The van der Waals surface area contributed by atoms with E-state index < -0.39 is 48.7 Å². The predicted molar refractivity (Wildman–Crippen MR) is 52.8 cm³/mol. The fourth-order valence-corrected chi connectivity index (χ4v) is 3.75. The molecular weight excluding hydrogens is 430 g/mol. The number of hydrogen-bond acceptors (Lipinski definition) is 2. The van der Waals surface area contributed by atoms with Crippen molar-refractivity contribution in [1.82, 2.24) is 0 Å². The molecule has 12 heteroatoms. The van der Waals surface area contributed by atoms with Gasteiger partial charge in [0.2, 0.25) is 0 Å². The van der Waals surface area contributed by atoms with Gasteiger partial charge in [-0.2, -0.15) is 0 Å². The monoisotopic (exact) mass is 442 g/mol. The molecule has 0 bridgehead atoms. The molecule has 0 spiro atoms. The number of unbranched alkanes of at least 4 members (excludes halogenated alkanes) is 2. The van der Waals surface area contributed by atoms with E-state index in [-0.39, 0.29) is 6.42 Å². The summed E-state index contributed by atoms with van der Waals surface area (Å²) in [6.45, 7) is 1.01. The molecular formula is C9H11F9O2Sn. The van der Waals surface area contributed by atoms with Crippen LogP contribution in [0, 0.1) is 0 Å². The first kappa shape index (κ1) is 20.9. The van der Waals surface area contributed by atoms with Gasteiger partial charge in [-0.1, -0.05) is 0 Å². The molecule has 0 heterocycles. The van der Waals surface area contributed by atoms with Crippen molar-refractivity contribution in [2.45, 2.75) is 48.1 Å². The summed E-state index contributed by atoms with van der Waals surface area (Å²) in [5.74, 6) is -13.9. The van der Waals surface area contributed by atoms with E-state index in [1.54, 1.807) is 6.92 Å². The van der Waals surface area contributed by atoms with Crippen LogP contribution >= 0.6 is 0 Å². The number of hydrogen-bond donors (Lipinski definition) is 0. The Hall–Kier alpha value is -0.0713. The zero-order chi connectivity index (χ0) is 17.1. The maximum absolute atomic E-state index is 13.1. The second-order valence-electron chi connectivity index (χ2n) is 4.06. The van der Waals surface area contributed by atoms with Crippen LogP contribution in [0.25, 0.3) is 0 Å². The molecule has 2 nitrogen and oxygen atoms in total. The van der Waals surface area contributed by atoms with E-state index in [1.165, 1.54) is 0 Å². The van der Waals surface area contributed by atoms with Gasteiger partial charge in [-0.15, -0.1) is 0 Å². The van der Waals surface area contributed by atoms with Crippen molar-refractivity contribution in [2.75, 3.05) is 6.61 Å². The van der Waals surface area contributed by atoms with Gasteiger partial charge in [-0.25, -0.2) is 0 Å². The van der Waals surface area contributed by atoms with Crippen molar-refractivity contribution >= 4 is 20.2 Å². The Bertz CT molecular complexity index is 367. The Morgan fingerprint density at radius 2 is 1.33 bits per heavy atom. The standard InChI is InChI=1S/C5H11O.C4F9.O.Sn/c1-2-3-4-5-6;5-1(6)2(7,8)3(9,10)4(11,12)13;;/h2-5H2,1H3;;;/q-1;;;+1. The Labute approximate surface area is 121 Å². The second kappa shape index (κ2) is 7.00. The van der Waals surface area contributed by atoms with E-state index >= 15 is 0 Å². The molecule has 0 radical (unpaired) electrons. The van der Waals surface area contributed by atoms with Crippen LogP contribution in [0.15, 0.2) is 0 Å². The third-order valence-corrected chi connectivity index (χ3v) is 6.07. The molecule has 0 atom stereocenters. The predicted octanol–water partition coefficient (Wildman–Crippen LogP) is 4.12. The molecule has 0 aliphatic rings. The van der Waals surface area contributed by atoms with Crippen LogP contribution in [0.2, 0.25) is 0 Å². The van der Waals surface area contributed by atoms with Crippen LogP contribution in [0.1, 0.15) is 26.2 Å². The second-order valence-corrected chi connectivity index (χ2v) is 8.32. The van der Waals surface area contributed by atoms with Crippen molar-refractivity contribution < 1.29 is 45.7 Å². The van der Waals surface area contributed by atoms with E-state index in [4.69, 9.17) is 0 Å². The molecule has 0 N–H and O–H groups in total. The minimum absolute atomic E-state index is 0.0418. The Balaban J connectivity index is 5.15. The van der Waals surface area contributed by atoms with Crippen LogP contribution in [0.3, 0.4) is 0 Å². The van der Waals surface area contributed by atoms with Crippen LogP contribution in [-0.2, 0) is 6.15 Å². The summed E-state index contributed by atoms with van der Waals surface area (Å²) in [5.41, 5.74) is 0. The van der Waals surface area contributed by atoms with Gasteiger partial charge in [0.25, 0.3) is 0 Å². The van der Waals surface area contributed by atoms with E-state index in [0.29, 0.717) is 12.8 Å². The van der Waals surface area contributed by atoms with Crippen LogP contribution in [-0.4, -0.2) is 48.7 Å². The summed E-state index contributed by atoms with van der Waals surface area (Å²) in [4.78, 5) is 0. The van der Waals surface area contributed by atoms with Crippen molar-refractivity contribution in [3.8, 4) is 0 Å². The summed E-state index contributed by atoms with van der Waals surface area (Å²) >= 11 is -6.20. The Kier molecular flexibility index (Phi) is 6.98. The molecule has 0 saturated carbocycles. The van der Waals surface area contributed by atoms with Crippen molar-refractivity contribution in [3.63, 3.8) is 0 Å². The first-order chi connectivity index (χ1) is 9.23. The van der Waals surface area contributed by atoms with Gasteiger partial charge >= 0.3 is 121 Å². The molecule has 0 aromatic rings. The van der Waals surface area contributed by atoms with E-state index in [2.05, 4.69) is 3.07 Å². The van der Waals surface area contributed by atoms with Gasteiger partial charge < -0.3 is 0 Å². The summed E-state index contributed by atoms with van der Waals surface area (Å²) in [7, 11) is 0. The minimum atomic E-state index is -7.02. The van der Waals surface area contributed by atoms with Gasteiger partial charge in [-0.05, 0) is 0 Å². The molecule has 126 valence electrons. The van der Waals surface area contributed by atoms with Crippen LogP contribution in [0.4, 0.5) is 39.5 Å². The maximum atomic E-state index is 13.1. The summed E-state index contributed by atoms with van der Waals surface area (Å²) in [5, 5.41) is 0. The molecule has 0 aromatic carbocycles. The first-order valence-electron chi connectivity index (χ1n) is 5.60. The third kappa shape index (κ3) is 4.23. The molecule has 0 saturated heterocycles. The average Bonchev–Trinajstić information content (AvgIpc) is 2.32. The fraction of sp³-hybridized carbons (Fsp3) is 1.00. The van der Waals surface area contributed by atoms with Gasteiger partial charge in [0.15, 0.2) is 0 Å². The van der Waals surface area contributed by atoms with E-state index in [1.807, 2.05) is 0 Å². The molecule has 0 amide bonds. The average molecular weight is 441 g/mol. The van der Waals surface area contributed by atoms with Gasteiger partial charge in [0.05, 0.1) is 0 Å². The van der Waals surface area contributed by atoms with Crippen LogP contribution in [0.5, 0.6) is 0 Å². The number of halogens is 9. The quantitative estimate of drug-likeness (QED) is 0.322. The molecule has 0 rings (SSSR count). The summed E-state index contributed by atoms with van der Waals surface area (Å²) < 4.78 is 121. The summed E-state index contributed by atoms with van der Waals surface area (Å²) in [6, 6.07) is 0. The van der Waals surface area contributed by atoms with Gasteiger partial charge in [-0.3, -0.25) is 0 Å².